The molecule has 0 aliphatic carbocycles. The maximum absolute atomic E-state index is 12.0. The number of pyridine rings is 1. The number of H-pyrrole nitrogens is 1. The molecule has 0 bridgehead atoms. The fourth-order valence-electron chi connectivity index (χ4n) is 1.60. The zero-order valence-corrected chi connectivity index (χ0v) is 11.9. The van der Waals surface area contributed by atoms with Crippen LogP contribution in [0.25, 0.3) is 0 Å². The van der Waals surface area contributed by atoms with Gasteiger partial charge in [0, 0.05) is 18.9 Å². The van der Waals surface area contributed by atoms with E-state index in [0.29, 0.717) is 12.2 Å². The SMILES string of the molecule is CCCNCc1ccc(S(=O)(=O)Nc2cn[nH]c2)nc1. The molecule has 7 nitrogen and oxygen atoms in total. The van der Waals surface area contributed by atoms with E-state index in [0.717, 1.165) is 18.5 Å². The molecule has 2 heterocycles. The molecule has 0 aromatic carbocycles. The molecule has 0 radical (unpaired) electrons. The average Bonchev–Trinajstić information content (AvgIpc) is 2.92. The molecule has 0 aliphatic heterocycles. The van der Waals surface area contributed by atoms with Crippen molar-refractivity contribution >= 4 is 15.7 Å². The van der Waals surface area contributed by atoms with E-state index in [1.54, 1.807) is 12.3 Å². The van der Waals surface area contributed by atoms with E-state index in [1.165, 1.54) is 18.5 Å². The Balaban J connectivity index is 2.05. The van der Waals surface area contributed by atoms with Gasteiger partial charge in [0.15, 0.2) is 5.03 Å². The molecule has 2 aromatic heterocycles. The molecule has 0 amide bonds. The Morgan fingerprint density at radius 3 is 2.75 bits per heavy atom. The number of hydrogen-bond donors (Lipinski definition) is 3. The molecular weight excluding hydrogens is 278 g/mol. The summed E-state index contributed by atoms with van der Waals surface area (Å²) >= 11 is 0. The van der Waals surface area contributed by atoms with Gasteiger partial charge in [-0.25, -0.2) is 4.98 Å². The van der Waals surface area contributed by atoms with Crippen LogP contribution in [0.5, 0.6) is 0 Å². The van der Waals surface area contributed by atoms with Crippen LogP contribution in [0.1, 0.15) is 18.9 Å². The third-order valence-corrected chi connectivity index (χ3v) is 3.88. The van der Waals surface area contributed by atoms with E-state index in [1.807, 2.05) is 0 Å². The fraction of sp³-hybridized carbons (Fsp3) is 0.333. The van der Waals surface area contributed by atoms with Crippen molar-refractivity contribution < 1.29 is 8.42 Å². The number of anilines is 1. The van der Waals surface area contributed by atoms with Crippen molar-refractivity contribution in [3.8, 4) is 0 Å². The number of nitrogens with zero attached hydrogens (tertiary/aromatic N) is 2. The Bertz CT molecular complexity index is 622. The Kier molecular flexibility index (Phi) is 4.70. The normalized spacial score (nSPS) is 11.4. The second kappa shape index (κ2) is 6.49. The third kappa shape index (κ3) is 3.78. The van der Waals surface area contributed by atoms with Crippen LogP contribution >= 0.6 is 0 Å². The number of aromatic nitrogens is 3. The Hall–Kier alpha value is -1.93. The van der Waals surface area contributed by atoms with Crippen LogP contribution in [0.4, 0.5) is 5.69 Å². The summed E-state index contributed by atoms with van der Waals surface area (Å²) in [4.78, 5) is 3.99. The lowest BCUT2D eigenvalue weighted by atomic mass is 10.3. The highest BCUT2D eigenvalue weighted by Gasteiger charge is 2.16. The summed E-state index contributed by atoms with van der Waals surface area (Å²) in [6.07, 6.45) is 5.46. The van der Waals surface area contributed by atoms with Gasteiger partial charge in [-0.1, -0.05) is 13.0 Å². The largest absolute Gasteiger partial charge is 0.313 e. The Morgan fingerprint density at radius 2 is 2.15 bits per heavy atom. The van der Waals surface area contributed by atoms with Crippen molar-refractivity contribution in [3.05, 3.63) is 36.3 Å². The molecular formula is C12H17N5O2S. The van der Waals surface area contributed by atoms with Gasteiger partial charge in [0.05, 0.1) is 11.9 Å². The first kappa shape index (κ1) is 14.5. The van der Waals surface area contributed by atoms with Gasteiger partial charge >= 0.3 is 0 Å². The molecule has 0 unspecified atom stereocenters. The maximum atomic E-state index is 12.0. The first-order valence-corrected chi connectivity index (χ1v) is 7.77. The zero-order valence-electron chi connectivity index (χ0n) is 11.1. The summed E-state index contributed by atoms with van der Waals surface area (Å²) < 4.78 is 26.5. The van der Waals surface area contributed by atoms with Gasteiger partial charge in [0.25, 0.3) is 10.0 Å². The average molecular weight is 295 g/mol. The first-order chi connectivity index (χ1) is 9.62. The minimum atomic E-state index is -3.67. The number of sulfonamides is 1. The molecule has 0 fully saturated rings. The van der Waals surface area contributed by atoms with Crippen LogP contribution in [-0.4, -0.2) is 30.1 Å². The lowest BCUT2D eigenvalue weighted by Gasteiger charge is -2.06. The van der Waals surface area contributed by atoms with Gasteiger partial charge in [-0.3, -0.25) is 9.82 Å². The maximum Gasteiger partial charge on any atom is 0.279 e. The van der Waals surface area contributed by atoms with E-state index < -0.39 is 10.0 Å². The minimum Gasteiger partial charge on any atom is -0.313 e. The molecule has 0 saturated heterocycles. The number of rotatable bonds is 7. The first-order valence-electron chi connectivity index (χ1n) is 6.29. The lowest BCUT2D eigenvalue weighted by molar-refractivity contribution is 0.597. The monoisotopic (exact) mass is 295 g/mol. The summed E-state index contributed by atoms with van der Waals surface area (Å²) in [6.45, 7) is 3.68. The molecule has 8 heteroatoms. The van der Waals surface area contributed by atoms with Crippen molar-refractivity contribution in [1.82, 2.24) is 20.5 Å². The molecule has 0 aliphatic rings. The molecule has 0 spiro atoms. The summed E-state index contributed by atoms with van der Waals surface area (Å²) in [5, 5.41) is 9.42. The van der Waals surface area contributed by atoms with E-state index in [9.17, 15) is 8.42 Å². The number of nitrogens with one attached hydrogen (secondary N) is 3. The second-order valence-corrected chi connectivity index (χ2v) is 5.90. The highest BCUT2D eigenvalue weighted by molar-refractivity contribution is 7.92. The molecule has 0 saturated carbocycles. The molecule has 2 rings (SSSR count). The van der Waals surface area contributed by atoms with Crippen molar-refractivity contribution in [2.24, 2.45) is 0 Å². The summed E-state index contributed by atoms with van der Waals surface area (Å²) in [7, 11) is -3.67. The summed E-state index contributed by atoms with van der Waals surface area (Å²) in [5.74, 6) is 0. The van der Waals surface area contributed by atoms with Gasteiger partial charge in [0.1, 0.15) is 0 Å². The molecule has 0 atom stereocenters. The van der Waals surface area contributed by atoms with E-state index in [-0.39, 0.29) is 5.03 Å². The van der Waals surface area contributed by atoms with Crippen molar-refractivity contribution in [3.63, 3.8) is 0 Å². The van der Waals surface area contributed by atoms with Gasteiger partial charge in [0.2, 0.25) is 0 Å². The molecule has 2 aromatic rings. The van der Waals surface area contributed by atoms with Crippen LogP contribution < -0.4 is 10.0 Å². The molecule has 108 valence electrons. The fourth-order valence-corrected chi connectivity index (χ4v) is 2.56. The second-order valence-electron chi connectivity index (χ2n) is 4.27. The van der Waals surface area contributed by atoms with E-state index >= 15 is 0 Å². The smallest absolute Gasteiger partial charge is 0.279 e. The Labute approximate surface area is 117 Å². The van der Waals surface area contributed by atoms with Gasteiger partial charge in [-0.2, -0.15) is 13.5 Å². The third-order valence-electron chi connectivity index (χ3n) is 2.58. The highest BCUT2D eigenvalue weighted by Crippen LogP contribution is 2.12. The molecule has 3 N–H and O–H groups in total. The zero-order chi connectivity index (χ0) is 14.4. The van der Waals surface area contributed by atoms with Crippen molar-refractivity contribution in [1.29, 1.82) is 0 Å². The predicted octanol–water partition coefficient (Wildman–Crippen LogP) is 1.11. The van der Waals surface area contributed by atoms with Crippen LogP contribution in [0.3, 0.4) is 0 Å². The van der Waals surface area contributed by atoms with E-state index in [2.05, 4.69) is 32.1 Å². The molecule has 20 heavy (non-hydrogen) atoms. The summed E-state index contributed by atoms with van der Waals surface area (Å²) in [6, 6.07) is 3.24. The van der Waals surface area contributed by atoms with Gasteiger partial charge in [-0.15, -0.1) is 0 Å². The number of aromatic amines is 1. The minimum absolute atomic E-state index is 0.0158. The van der Waals surface area contributed by atoms with Gasteiger partial charge in [-0.05, 0) is 24.6 Å². The summed E-state index contributed by atoms with van der Waals surface area (Å²) in [5.41, 5.74) is 1.32. The predicted molar refractivity (Wildman–Crippen MR) is 75.6 cm³/mol. The van der Waals surface area contributed by atoms with Crippen LogP contribution in [-0.2, 0) is 16.6 Å². The van der Waals surface area contributed by atoms with Crippen molar-refractivity contribution in [2.45, 2.75) is 24.9 Å². The van der Waals surface area contributed by atoms with Crippen LogP contribution in [0.2, 0.25) is 0 Å². The van der Waals surface area contributed by atoms with Gasteiger partial charge < -0.3 is 5.32 Å². The lowest BCUT2D eigenvalue weighted by Crippen LogP contribution is -2.16. The standard InChI is InChI=1S/C12H17N5O2S/c1-2-5-13-6-10-3-4-12(14-7-10)20(18,19)17-11-8-15-16-9-11/h3-4,7-9,13,17H,2,5-6H2,1H3,(H,15,16). The topological polar surface area (TPSA) is 99.8 Å². The quantitative estimate of drug-likeness (QED) is 0.664. The number of hydrogen-bond acceptors (Lipinski definition) is 5. The van der Waals surface area contributed by atoms with E-state index in [4.69, 9.17) is 0 Å². The van der Waals surface area contributed by atoms with Crippen molar-refractivity contribution in [2.75, 3.05) is 11.3 Å². The highest BCUT2D eigenvalue weighted by atomic mass is 32.2. The van der Waals surface area contributed by atoms with Crippen LogP contribution in [0.15, 0.2) is 35.7 Å². The van der Waals surface area contributed by atoms with Crippen LogP contribution in [0, 0.1) is 0 Å². The Morgan fingerprint density at radius 1 is 1.30 bits per heavy atom.